The van der Waals surface area contributed by atoms with Crippen LogP contribution < -0.4 is 10.6 Å². The van der Waals surface area contributed by atoms with Gasteiger partial charge in [-0.15, -0.1) is 5.10 Å². The number of carbonyl (C=O) groups excluding carboxylic acids is 1. The molecule has 1 saturated heterocycles. The van der Waals surface area contributed by atoms with Crippen LogP contribution in [0.5, 0.6) is 0 Å². The summed E-state index contributed by atoms with van der Waals surface area (Å²) in [6.45, 7) is 3.34. The molecule has 1 unspecified atom stereocenters. The first kappa shape index (κ1) is 30.1. The molecule has 226 valence electrons. The largest absolute Gasteiger partial charge is 0.466 e. The maximum atomic E-state index is 13.6. The average Bonchev–Trinajstić information content (AvgIpc) is 3.36. The van der Waals surface area contributed by atoms with Crippen LogP contribution in [0.25, 0.3) is 0 Å². The monoisotopic (exact) mass is 597 g/mol. The summed E-state index contributed by atoms with van der Waals surface area (Å²) >= 11 is 0. The number of benzene rings is 2. The second-order valence-corrected chi connectivity index (χ2v) is 11.3. The number of hydrogen-bond donors (Lipinski definition) is 1. The SMILES string of the molecule is COC(=O)C1=C(C)N(c2cccc(C(F)(F)F)c2)c2n[nH]c(=O)n2C1c1ccc(C#N)cc1C[N+](C)(C)C1CCOCC1. The Morgan fingerprint density at radius 3 is 2.58 bits per heavy atom. The first-order valence-corrected chi connectivity index (χ1v) is 13.7. The fourth-order valence-electron chi connectivity index (χ4n) is 6.11. The van der Waals surface area contributed by atoms with Crippen molar-refractivity contribution in [3.63, 3.8) is 0 Å². The Labute approximate surface area is 246 Å². The molecule has 10 nitrogen and oxygen atoms in total. The third kappa shape index (κ3) is 5.55. The van der Waals surface area contributed by atoms with Crippen LogP contribution in [0.3, 0.4) is 0 Å². The molecule has 2 aliphatic rings. The lowest BCUT2D eigenvalue weighted by atomic mass is 9.89. The van der Waals surface area contributed by atoms with Crippen LogP contribution >= 0.6 is 0 Å². The van der Waals surface area contributed by atoms with E-state index in [0.717, 1.165) is 30.5 Å². The summed E-state index contributed by atoms with van der Waals surface area (Å²) in [6.07, 6.45) is -2.91. The molecule has 0 spiro atoms. The molecule has 0 saturated carbocycles. The van der Waals surface area contributed by atoms with Crippen molar-refractivity contribution in [1.29, 1.82) is 5.26 Å². The number of aromatic amines is 1. The second kappa shape index (κ2) is 11.3. The van der Waals surface area contributed by atoms with E-state index in [2.05, 4.69) is 30.4 Å². The molecule has 0 bridgehead atoms. The number of methoxy groups -OCH3 is 1. The van der Waals surface area contributed by atoms with Gasteiger partial charge in [0, 0.05) is 29.8 Å². The van der Waals surface area contributed by atoms with Gasteiger partial charge in [-0.05, 0) is 42.8 Å². The number of alkyl halides is 3. The van der Waals surface area contributed by atoms with E-state index in [0.29, 0.717) is 35.4 Å². The molecular weight excluding hydrogens is 565 g/mol. The van der Waals surface area contributed by atoms with Gasteiger partial charge in [0.2, 0.25) is 5.95 Å². The van der Waals surface area contributed by atoms with Gasteiger partial charge in [-0.2, -0.15) is 18.4 Å². The molecule has 0 aliphatic carbocycles. The van der Waals surface area contributed by atoms with Crippen LogP contribution in [-0.4, -0.2) is 65.7 Å². The van der Waals surface area contributed by atoms with Gasteiger partial charge in [0.05, 0.1) is 63.2 Å². The molecule has 1 fully saturated rings. The van der Waals surface area contributed by atoms with E-state index in [-0.39, 0.29) is 28.9 Å². The number of quaternary nitrogens is 1. The van der Waals surface area contributed by atoms with Crippen molar-refractivity contribution in [2.45, 2.75) is 44.6 Å². The Morgan fingerprint density at radius 2 is 1.93 bits per heavy atom. The number of nitrogens with one attached hydrogen (secondary N) is 1. The van der Waals surface area contributed by atoms with Crippen molar-refractivity contribution in [2.24, 2.45) is 0 Å². The highest BCUT2D eigenvalue weighted by Crippen LogP contribution is 2.44. The summed E-state index contributed by atoms with van der Waals surface area (Å²) in [4.78, 5) is 28.2. The summed E-state index contributed by atoms with van der Waals surface area (Å²) in [7, 11) is 5.38. The van der Waals surface area contributed by atoms with Crippen molar-refractivity contribution in [2.75, 3.05) is 39.3 Å². The first-order chi connectivity index (χ1) is 20.4. The summed E-state index contributed by atoms with van der Waals surface area (Å²) in [6, 6.07) is 11.1. The molecule has 5 rings (SSSR count). The lowest BCUT2D eigenvalue weighted by molar-refractivity contribution is -0.929. The van der Waals surface area contributed by atoms with Crippen molar-refractivity contribution in [3.8, 4) is 6.07 Å². The topological polar surface area (TPSA) is 113 Å². The predicted octanol–water partition coefficient (Wildman–Crippen LogP) is 4.41. The highest BCUT2D eigenvalue weighted by atomic mass is 19.4. The number of anilines is 2. The van der Waals surface area contributed by atoms with E-state index < -0.39 is 29.4 Å². The Morgan fingerprint density at radius 1 is 1.21 bits per heavy atom. The maximum Gasteiger partial charge on any atom is 0.416 e. The molecule has 13 heteroatoms. The van der Waals surface area contributed by atoms with Gasteiger partial charge in [-0.1, -0.05) is 12.1 Å². The van der Waals surface area contributed by atoms with Gasteiger partial charge in [-0.25, -0.2) is 19.3 Å². The number of fused-ring (bicyclic) bond motifs is 1. The number of esters is 1. The number of halogens is 3. The highest BCUT2D eigenvalue weighted by molar-refractivity contribution is 5.93. The van der Waals surface area contributed by atoms with Crippen molar-refractivity contribution >= 4 is 17.6 Å². The third-order valence-electron chi connectivity index (χ3n) is 8.30. The summed E-state index contributed by atoms with van der Waals surface area (Å²) in [5.74, 6) is -0.750. The number of rotatable bonds is 6. The van der Waals surface area contributed by atoms with E-state index in [1.807, 2.05) is 0 Å². The number of H-pyrrole nitrogens is 1. The van der Waals surface area contributed by atoms with E-state index >= 15 is 0 Å². The average molecular weight is 598 g/mol. The zero-order valence-electron chi connectivity index (χ0n) is 24.2. The number of aromatic nitrogens is 3. The predicted molar refractivity (Wildman–Crippen MR) is 150 cm³/mol. The van der Waals surface area contributed by atoms with Crippen molar-refractivity contribution in [1.82, 2.24) is 14.8 Å². The number of hydrogen-bond acceptors (Lipinski definition) is 7. The van der Waals surface area contributed by atoms with Crippen LogP contribution in [0.1, 0.15) is 48.1 Å². The minimum atomic E-state index is -4.62. The van der Waals surface area contributed by atoms with E-state index in [4.69, 9.17) is 9.47 Å². The lowest BCUT2D eigenvalue weighted by Crippen LogP contribution is -2.50. The fraction of sp³-hybridized carbons (Fsp3) is 0.400. The van der Waals surface area contributed by atoms with Crippen LogP contribution in [-0.2, 0) is 27.0 Å². The Kier molecular flexibility index (Phi) is 7.93. The summed E-state index contributed by atoms with van der Waals surface area (Å²) < 4.78 is 53.5. The second-order valence-electron chi connectivity index (χ2n) is 11.3. The number of nitriles is 1. The lowest BCUT2D eigenvalue weighted by Gasteiger charge is -2.41. The van der Waals surface area contributed by atoms with Gasteiger partial charge in [0.1, 0.15) is 12.6 Å². The zero-order chi connectivity index (χ0) is 31.1. The molecule has 1 aromatic heterocycles. The molecular formula is C30H32F3N6O4+. The first-order valence-electron chi connectivity index (χ1n) is 13.7. The molecule has 3 aromatic rings. The molecule has 1 atom stereocenters. The molecule has 1 N–H and O–H groups in total. The fourth-order valence-corrected chi connectivity index (χ4v) is 6.11. The third-order valence-corrected chi connectivity index (χ3v) is 8.30. The van der Waals surface area contributed by atoms with Crippen LogP contribution in [0.4, 0.5) is 24.8 Å². The Balaban J connectivity index is 1.72. The minimum Gasteiger partial charge on any atom is -0.466 e. The van der Waals surface area contributed by atoms with E-state index in [9.17, 15) is 28.0 Å². The smallest absolute Gasteiger partial charge is 0.416 e. The quantitative estimate of drug-likeness (QED) is 0.331. The van der Waals surface area contributed by atoms with Crippen molar-refractivity contribution < 1.29 is 31.9 Å². The standard InChI is InChI=1S/C30H31F3N6O4/c1-18-25(27(40)42-4)26(24-9-8-19(16-34)14-20(24)17-39(2,3)23-10-12-43-13-11-23)38-28(35-36-29(38)41)37(18)22-7-5-6-21(15-22)30(31,32)33/h5-9,14-15,23,26H,10-13,17H2,1-4H3/p+1. The summed E-state index contributed by atoms with van der Waals surface area (Å²) in [5.41, 5.74) is 0.518. The molecule has 0 amide bonds. The summed E-state index contributed by atoms with van der Waals surface area (Å²) in [5, 5.41) is 16.3. The van der Waals surface area contributed by atoms with Crippen LogP contribution in [0, 0.1) is 11.3 Å². The Bertz CT molecular complexity index is 1680. The van der Waals surface area contributed by atoms with Gasteiger partial charge in [0.25, 0.3) is 0 Å². The molecule has 2 aromatic carbocycles. The van der Waals surface area contributed by atoms with Crippen LogP contribution in [0.15, 0.2) is 58.5 Å². The molecule has 2 aliphatic heterocycles. The Hall–Kier alpha value is -4.41. The van der Waals surface area contributed by atoms with E-state index in [1.54, 1.807) is 25.1 Å². The molecule has 43 heavy (non-hydrogen) atoms. The molecule has 3 heterocycles. The van der Waals surface area contributed by atoms with Gasteiger partial charge >= 0.3 is 17.8 Å². The highest BCUT2D eigenvalue weighted by Gasteiger charge is 2.42. The normalized spacial score (nSPS) is 17.9. The van der Waals surface area contributed by atoms with Gasteiger partial charge in [0.15, 0.2) is 0 Å². The van der Waals surface area contributed by atoms with Gasteiger partial charge in [-0.3, -0.25) is 4.90 Å². The van der Waals surface area contributed by atoms with Crippen LogP contribution in [0.2, 0.25) is 0 Å². The van der Waals surface area contributed by atoms with E-state index in [1.165, 1.54) is 28.7 Å². The zero-order valence-corrected chi connectivity index (χ0v) is 24.2. The number of nitrogens with zero attached hydrogens (tertiary/aromatic N) is 5. The minimum absolute atomic E-state index is 0.00738. The number of allylic oxidation sites excluding steroid dienone is 1. The molecule has 0 radical (unpaired) electrons. The maximum absolute atomic E-state index is 13.6. The van der Waals surface area contributed by atoms with Crippen molar-refractivity contribution in [3.05, 3.63) is 86.5 Å². The number of ether oxygens (including phenoxy) is 2. The number of carbonyl (C=O) groups is 1. The van der Waals surface area contributed by atoms with Gasteiger partial charge < -0.3 is 14.0 Å².